The first-order valence-electron chi connectivity index (χ1n) is 9.63. The Hall–Kier alpha value is -2.28. The number of rotatable bonds is 4. The number of ether oxygens (including phenoxy) is 1. The zero-order valence-electron chi connectivity index (χ0n) is 16.5. The van der Waals surface area contributed by atoms with Gasteiger partial charge in [-0.05, 0) is 57.4 Å². The number of piperazine rings is 1. The molecule has 0 radical (unpaired) electrons. The summed E-state index contributed by atoms with van der Waals surface area (Å²) in [6.07, 6.45) is 1.86. The van der Waals surface area contributed by atoms with E-state index >= 15 is 0 Å². The predicted octanol–water partition coefficient (Wildman–Crippen LogP) is 2.09. The van der Waals surface area contributed by atoms with Crippen LogP contribution in [0.25, 0.3) is 0 Å². The Bertz CT molecular complexity index is 702. The predicted molar refractivity (Wildman–Crippen MR) is 105 cm³/mol. The third-order valence-corrected chi connectivity index (χ3v) is 4.75. The van der Waals surface area contributed by atoms with Crippen LogP contribution in [-0.4, -0.2) is 54.7 Å². The topological polar surface area (TPSA) is 87.9 Å². The monoisotopic (exact) mass is 374 g/mol. The van der Waals surface area contributed by atoms with E-state index in [2.05, 4.69) is 10.2 Å². The zero-order valence-corrected chi connectivity index (χ0v) is 16.5. The van der Waals surface area contributed by atoms with Crippen molar-refractivity contribution in [1.29, 1.82) is 0 Å². The second kappa shape index (κ2) is 7.76. The first kappa shape index (κ1) is 19.5. The Morgan fingerprint density at radius 1 is 1.19 bits per heavy atom. The van der Waals surface area contributed by atoms with Gasteiger partial charge in [-0.25, -0.2) is 4.79 Å². The summed E-state index contributed by atoms with van der Waals surface area (Å²) >= 11 is 0. The van der Waals surface area contributed by atoms with Crippen molar-refractivity contribution < 1.29 is 14.3 Å². The van der Waals surface area contributed by atoms with Crippen molar-refractivity contribution in [2.24, 2.45) is 5.73 Å². The molecule has 0 spiro atoms. The highest BCUT2D eigenvalue weighted by Crippen LogP contribution is 2.25. The normalized spacial score (nSPS) is 17.6. The molecule has 2 fully saturated rings. The third-order valence-electron chi connectivity index (χ3n) is 4.75. The van der Waals surface area contributed by atoms with Crippen LogP contribution in [0.15, 0.2) is 18.2 Å². The number of benzene rings is 1. The van der Waals surface area contributed by atoms with Gasteiger partial charge in [0.1, 0.15) is 5.60 Å². The number of nitrogens with zero attached hydrogens (tertiary/aromatic N) is 2. The molecule has 2 aliphatic rings. The molecule has 0 bridgehead atoms. The molecule has 1 saturated carbocycles. The van der Waals surface area contributed by atoms with E-state index in [0.717, 1.165) is 24.1 Å². The fourth-order valence-corrected chi connectivity index (χ4v) is 3.15. The van der Waals surface area contributed by atoms with Crippen LogP contribution in [0, 0.1) is 0 Å². The minimum atomic E-state index is -0.488. The number of nitrogens with one attached hydrogen (secondary N) is 1. The number of hydrogen-bond acceptors (Lipinski definition) is 5. The van der Waals surface area contributed by atoms with Gasteiger partial charge in [0.2, 0.25) is 0 Å². The highest BCUT2D eigenvalue weighted by atomic mass is 16.6. The summed E-state index contributed by atoms with van der Waals surface area (Å²) in [5, 5.41) is 3.01. The van der Waals surface area contributed by atoms with Crippen LogP contribution < -0.4 is 16.0 Å². The van der Waals surface area contributed by atoms with Crippen molar-refractivity contribution in [2.75, 3.05) is 31.1 Å². The van der Waals surface area contributed by atoms with Gasteiger partial charge in [-0.3, -0.25) is 4.79 Å². The van der Waals surface area contributed by atoms with Gasteiger partial charge in [0.15, 0.2) is 0 Å². The molecule has 3 rings (SSSR count). The largest absolute Gasteiger partial charge is 0.444 e. The molecule has 7 nitrogen and oxygen atoms in total. The average Bonchev–Trinajstić information content (AvgIpc) is 3.44. The smallest absolute Gasteiger partial charge is 0.410 e. The number of anilines is 1. The fourth-order valence-electron chi connectivity index (χ4n) is 3.15. The quantitative estimate of drug-likeness (QED) is 0.843. The minimum absolute atomic E-state index is 0.0338. The van der Waals surface area contributed by atoms with Crippen LogP contribution >= 0.6 is 0 Å². The Labute approximate surface area is 160 Å². The minimum Gasteiger partial charge on any atom is -0.444 e. The Kier molecular flexibility index (Phi) is 5.60. The summed E-state index contributed by atoms with van der Waals surface area (Å²) < 4.78 is 5.45. The van der Waals surface area contributed by atoms with Gasteiger partial charge < -0.3 is 25.6 Å². The SMILES string of the molecule is CC(C)(C)OC(=O)N1CCN(c2ccc(C(=O)NC3CC3)cc2CN)CC1. The summed E-state index contributed by atoms with van der Waals surface area (Å²) in [6, 6.07) is 6.03. The standard InChI is InChI=1S/C20H30N4O3/c1-20(2,3)27-19(26)24-10-8-23(9-11-24)17-7-4-14(12-15(17)13-21)18(25)22-16-5-6-16/h4,7,12,16H,5-6,8-11,13,21H2,1-3H3,(H,22,25). The summed E-state index contributed by atoms with van der Waals surface area (Å²) in [4.78, 5) is 28.4. The molecule has 0 unspecified atom stereocenters. The first-order valence-corrected chi connectivity index (χ1v) is 9.63. The van der Waals surface area contributed by atoms with E-state index < -0.39 is 5.60 Å². The third kappa shape index (κ3) is 5.13. The van der Waals surface area contributed by atoms with Gasteiger partial charge in [0, 0.05) is 50.0 Å². The van der Waals surface area contributed by atoms with Gasteiger partial charge in [-0.2, -0.15) is 0 Å². The number of carbonyl (C=O) groups is 2. The second-order valence-corrected chi connectivity index (χ2v) is 8.25. The van der Waals surface area contributed by atoms with E-state index in [0.29, 0.717) is 44.3 Å². The van der Waals surface area contributed by atoms with Crippen molar-refractivity contribution in [3.8, 4) is 0 Å². The highest BCUT2D eigenvalue weighted by Gasteiger charge is 2.27. The maximum Gasteiger partial charge on any atom is 0.410 e. The molecule has 0 atom stereocenters. The van der Waals surface area contributed by atoms with E-state index in [1.165, 1.54) is 0 Å². The first-order chi connectivity index (χ1) is 12.8. The maximum atomic E-state index is 12.3. The van der Waals surface area contributed by atoms with Crippen LogP contribution in [0.3, 0.4) is 0 Å². The average molecular weight is 374 g/mol. The molecule has 2 amide bonds. The van der Waals surface area contributed by atoms with E-state index in [9.17, 15) is 9.59 Å². The zero-order chi connectivity index (χ0) is 19.6. The second-order valence-electron chi connectivity index (χ2n) is 8.25. The fraction of sp³-hybridized carbons (Fsp3) is 0.600. The molecule has 1 aliphatic heterocycles. The van der Waals surface area contributed by atoms with Crippen LogP contribution in [0.1, 0.15) is 49.5 Å². The maximum absolute atomic E-state index is 12.3. The molecule has 0 aromatic heterocycles. The molecule has 1 aromatic carbocycles. The lowest BCUT2D eigenvalue weighted by Gasteiger charge is -2.37. The Morgan fingerprint density at radius 2 is 1.85 bits per heavy atom. The summed E-state index contributed by atoms with van der Waals surface area (Å²) in [6.45, 7) is 8.60. The molecular formula is C20H30N4O3. The molecule has 1 heterocycles. The molecule has 7 heteroatoms. The molecule has 27 heavy (non-hydrogen) atoms. The van der Waals surface area contributed by atoms with Gasteiger partial charge in [-0.15, -0.1) is 0 Å². The summed E-state index contributed by atoms with van der Waals surface area (Å²) in [7, 11) is 0. The van der Waals surface area contributed by atoms with Gasteiger partial charge in [0.05, 0.1) is 0 Å². The van der Waals surface area contributed by atoms with Crippen molar-refractivity contribution in [2.45, 2.75) is 51.8 Å². The summed E-state index contributed by atoms with van der Waals surface area (Å²) in [5.41, 5.74) is 8.09. The number of amides is 2. The molecule has 3 N–H and O–H groups in total. The van der Waals surface area contributed by atoms with Crippen LogP contribution in [0.4, 0.5) is 10.5 Å². The van der Waals surface area contributed by atoms with E-state index in [-0.39, 0.29) is 12.0 Å². The van der Waals surface area contributed by atoms with E-state index in [1.807, 2.05) is 39.0 Å². The molecular weight excluding hydrogens is 344 g/mol. The Morgan fingerprint density at radius 3 is 2.41 bits per heavy atom. The van der Waals surface area contributed by atoms with Crippen molar-refractivity contribution in [3.63, 3.8) is 0 Å². The van der Waals surface area contributed by atoms with E-state index in [1.54, 1.807) is 4.90 Å². The molecule has 148 valence electrons. The Balaban J connectivity index is 1.63. The lowest BCUT2D eigenvalue weighted by Crippen LogP contribution is -2.50. The lowest BCUT2D eigenvalue weighted by molar-refractivity contribution is 0.0240. The van der Waals surface area contributed by atoms with Crippen LogP contribution in [0.5, 0.6) is 0 Å². The van der Waals surface area contributed by atoms with Crippen LogP contribution in [0.2, 0.25) is 0 Å². The number of hydrogen-bond donors (Lipinski definition) is 2. The van der Waals surface area contributed by atoms with Crippen molar-refractivity contribution >= 4 is 17.7 Å². The summed E-state index contributed by atoms with van der Waals surface area (Å²) in [5.74, 6) is -0.0338. The molecule has 1 aromatic rings. The number of carbonyl (C=O) groups excluding carboxylic acids is 2. The van der Waals surface area contributed by atoms with Gasteiger partial charge in [-0.1, -0.05) is 0 Å². The molecule has 1 saturated heterocycles. The highest BCUT2D eigenvalue weighted by molar-refractivity contribution is 5.95. The number of nitrogens with two attached hydrogens (primary N) is 1. The van der Waals surface area contributed by atoms with Crippen molar-refractivity contribution in [1.82, 2.24) is 10.2 Å². The van der Waals surface area contributed by atoms with E-state index in [4.69, 9.17) is 10.5 Å². The molecule has 1 aliphatic carbocycles. The van der Waals surface area contributed by atoms with Gasteiger partial charge in [0.25, 0.3) is 5.91 Å². The van der Waals surface area contributed by atoms with Gasteiger partial charge >= 0.3 is 6.09 Å². The van der Waals surface area contributed by atoms with Crippen LogP contribution in [-0.2, 0) is 11.3 Å². The lowest BCUT2D eigenvalue weighted by atomic mass is 10.1. The van der Waals surface area contributed by atoms with Crippen molar-refractivity contribution in [3.05, 3.63) is 29.3 Å².